The molecular weight excluding hydrogens is 292 g/mol. The van der Waals surface area contributed by atoms with Gasteiger partial charge in [-0.25, -0.2) is 0 Å². The number of hydrogen-bond donors (Lipinski definition) is 1. The summed E-state index contributed by atoms with van der Waals surface area (Å²) >= 11 is 0. The molecule has 1 aliphatic carbocycles. The molecule has 1 fully saturated rings. The maximum atomic E-state index is 12.8. The fourth-order valence-corrected chi connectivity index (χ4v) is 2.85. The summed E-state index contributed by atoms with van der Waals surface area (Å²) in [5.41, 5.74) is 0.0952. The first-order valence-corrected chi connectivity index (χ1v) is 8.46. The zero-order valence-electron chi connectivity index (χ0n) is 14.8. The Morgan fingerprint density at radius 2 is 2.04 bits per heavy atom. The van der Waals surface area contributed by atoms with Gasteiger partial charge in [-0.15, -0.1) is 0 Å². The van der Waals surface area contributed by atoms with E-state index in [-0.39, 0.29) is 17.9 Å². The number of aliphatic hydroxyl groups is 1. The Balaban J connectivity index is 1.98. The van der Waals surface area contributed by atoms with Gasteiger partial charge < -0.3 is 14.4 Å². The van der Waals surface area contributed by atoms with Crippen molar-refractivity contribution in [3.8, 4) is 0 Å². The van der Waals surface area contributed by atoms with E-state index in [2.05, 4.69) is 20.8 Å². The molecule has 0 bridgehead atoms. The Hall–Kier alpha value is -1.33. The van der Waals surface area contributed by atoms with Gasteiger partial charge in [0.1, 0.15) is 11.5 Å². The van der Waals surface area contributed by atoms with Crippen molar-refractivity contribution in [3.63, 3.8) is 0 Å². The van der Waals surface area contributed by atoms with Crippen LogP contribution >= 0.6 is 0 Å². The Bertz CT molecular complexity index is 515. The van der Waals surface area contributed by atoms with E-state index in [0.29, 0.717) is 25.7 Å². The highest BCUT2D eigenvalue weighted by Gasteiger charge is 2.34. The molecule has 1 aromatic rings. The predicted octanol–water partition coefficient (Wildman–Crippen LogP) is 2.42. The molecule has 1 N–H and O–H groups in total. The quantitative estimate of drug-likeness (QED) is 0.798. The van der Waals surface area contributed by atoms with Gasteiger partial charge in [-0.3, -0.25) is 9.69 Å². The average molecular weight is 322 g/mol. The SMILES string of the molecule is Cc1ccc(CN(C(=O)CN(CCO)CC(C)(C)C)C2CC2)o1. The molecule has 2 rings (SSSR count). The molecule has 0 atom stereocenters. The fourth-order valence-electron chi connectivity index (χ4n) is 2.85. The van der Waals surface area contributed by atoms with Crippen LogP contribution in [0.3, 0.4) is 0 Å². The second-order valence-electron chi connectivity index (χ2n) is 7.76. The van der Waals surface area contributed by atoms with Crippen molar-refractivity contribution in [3.05, 3.63) is 23.7 Å². The summed E-state index contributed by atoms with van der Waals surface area (Å²) in [6.07, 6.45) is 2.15. The zero-order chi connectivity index (χ0) is 17.0. The van der Waals surface area contributed by atoms with Crippen LogP contribution < -0.4 is 0 Å². The van der Waals surface area contributed by atoms with Gasteiger partial charge in [-0.1, -0.05) is 20.8 Å². The summed E-state index contributed by atoms with van der Waals surface area (Å²) in [4.78, 5) is 16.8. The van der Waals surface area contributed by atoms with Gasteiger partial charge in [0.15, 0.2) is 0 Å². The van der Waals surface area contributed by atoms with Crippen LogP contribution in [0.1, 0.15) is 45.1 Å². The first-order chi connectivity index (χ1) is 10.8. The molecule has 0 spiro atoms. The van der Waals surface area contributed by atoms with Gasteiger partial charge in [0.05, 0.1) is 19.7 Å². The highest BCUT2D eigenvalue weighted by Crippen LogP contribution is 2.29. The normalized spacial score (nSPS) is 15.2. The summed E-state index contributed by atoms with van der Waals surface area (Å²) in [6, 6.07) is 4.22. The van der Waals surface area contributed by atoms with E-state index in [0.717, 1.165) is 30.9 Å². The maximum absolute atomic E-state index is 12.8. The third-order valence-electron chi connectivity index (χ3n) is 3.90. The topological polar surface area (TPSA) is 56.9 Å². The van der Waals surface area contributed by atoms with E-state index in [1.54, 1.807) is 0 Å². The van der Waals surface area contributed by atoms with Gasteiger partial charge in [-0.2, -0.15) is 0 Å². The molecule has 0 unspecified atom stereocenters. The first kappa shape index (κ1) is 18.0. The molecule has 1 aliphatic rings. The van der Waals surface area contributed by atoms with Crippen LogP contribution in [0.25, 0.3) is 0 Å². The first-order valence-electron chi connectivity index (χ1n) is 8.46. The molecule has 5 heteroatoms. The molecule has 1 amide bonds. The molecule has 5 nitrogen and oxygen atoms in total. The van der Waals surface area contributed by atoms with Crippen LogP contribution in [0.4, 0.5) is 0 Å². The third-order valence-corrected chi connectivity index (χ3v) is 3.90. The number of carbonyl (C=O) groups excluding carboxylic acids is 1. The second kappa shape index (κ2) is 7.49. The lowest BCUT2D eigenvalue weighted by atomic mass is 9.96. The third kappa shape index (κ3) is 5.99. The Morgan fingerprint density at radius 3 is 2.52 bits per heavy atom. The Labute approximate surface area is 139 Å². The smallest absolute Gasteiger partial charge is 0.237 e. The number of amides is 1. The Kier molecular flexibility index (Phi) is 5.87. The predicted molar refractivity (Wildman–Crippen MR) is 90.0 cm³/mol. The molecule has 0 aromatic carbocycles. The minimum atomic E-state index is 0.0736. The number of carbonyl (C=O) groups is 1. The lowest BCUT2D eigenvalue weighted by Crippen LogP contribution is -2.44. The lowest BCUT2D eigenvalue weighted by Gasteiger charge is -2.31. The minimum Gasteiger partial charge on any atom is -0.464 e. The van der Waals surface area contributed by atoms with Crippen molar-refractivity contribution in [2.45, 2.75) is 53.1 Å². The summed E-state index contributed by atoms with van der Waals surface area (Å²) < 4.78 is 5.63. The largest absolute Gasteiger partial charge is 0.464 e. The monoisotopic (exact) mass is 322 g/mol. The van der Waals surface area contributed by atoms with Crippen LogP contribution in [0.5, 0.6) is 0 Å². The van der Waals surface area contributed by atoms with Crippen LogP contribution in [-0.4, -0.2) is 53.1 Å². The van der Waals surface area contributed by atoms with E-state index in [4.69, 9.17) is 4.42 Å². The number of aliphatic hydroxyl groups excluding tert-OH is 1. The molecule has 1 aromatic heterocycles. The average Bonchev–Trinajstić information content (AvgIpc) is 3.17. The molecule has 23 heavy (non-hydrogen) atoms. The van der Waals surface area contributed by atoms with Crippen molar-refractivity contribution >= 4 is 5.91 Å². The molecule has 1 saturated carbocycles. The summed E-state index contributed by atoms with van der Waals surface area (Å²) in [6.45, 7) is 10.6. The van der Waals surface area contributed by atoms with Gasteiger partial charge >= 0.3 is 0 Å². The van der Waals surface area contributed by atoms with E-state index in [1.807, 2.05) is 28.9 Å². The van der Waals surface area contributed by atoms with Crippen molar-refractivity contribution in [1.82, 2.24) is 9.80 Å². The molecule has 1 heterocycles. The standard InChI is InChI=1S/C18H30N2O3/c1-14-5-8-16(23-14)11-20(15-6-7-15)17(22)12-19(9-10-21)13-18(2,3)4/h5,8,15,21H,6-7,9-13H2,1-4H3. The summed E-state index contributed by atoms with van der Waals surface area (Å²) in [7, 11) is 0. The summed E-state index contributed by atoms with van der Waals surface area (Å²) in [5, 5.41) is 9.26. The highest BCUT2D eigenvalue weighted by molar-refractivity contribution is 5.79. The van der Waals surface area contributed by atoms with E-state index < -0.39 is 0 Å². The van der Waals surface area contributed by atoms with E-state index in [9.17, 15) is 9.90 Å². The van der Waals surface area contributed by atoms with Crippen LogP contribution in [0.2, 0.25) is 0 Å². The van der Waals surface area contributed by atoms with Gasteiger partial charge in [-0.05, 0) is 37.3 Å². The van der Waals surface area contributed by atoms with Crippen LogP contribution in [0.15, 0.2) is 16.5 Å². The number of furan rings is 1. The van der Waals surface area contributed by atoms with Crippen molar-refractivity contribution < 1.29 is 14.3 Å². The molecular formula is C18H30N2O3. The number of aryl methyl sites for hydroxylation is 1. The molecule has 0 radical (unpaired) electrons. The fraction of sp³-hybridized carbons (Fsp3) is 0.722. The second-order valence-corrected chi connectivity index (χ2v) is 7.76. The lowest BCUT2D eigenvalue weighted by molar-refractivity contribution is -0.134. The molecule has 130 valence electrons. The minimum absolute atomic E-state index is 0.0736. The van der Waals surface area contributed by atoms with Gasteiger partial charge in [0.25, 0.3) is 0 Å². The van der Waals surface area contributed by atoms with Crippen molar-refractivity contribution in [1.29, 1.82) is 0 Å². The van der Waals surface area contributed by atoms with E-state index in [1.165, 1.54) is 0 Å². The number of nitrogens with zero attached hydrogens (tertiary/aromatic N) is 2. The van der Waals surface area contributed by atoms with Gasteiger partial charge in [0.2, 0.25) is 5.91 Å². The van der Waals surface area contributed by atoms with Crippen molar-refractivity contribution in [2.24, 2.45) is 5.41 Å². The van der Waals surface area contributed by atoms with Crippen LogP contribution in [0, 0.1) is 12.3 Å². The van der Waals surface area contributed by atoms with E-state index >= 15 is 0 Å². The van der Waals surface area contributed by atoms with Crippen LogP contribution in [-0.2, 0) is 11.3 Å². The highest BCUT2D eigenvalue weighted by atomic mass is 16.3. The number of rotatable bonds is 8. The maximum Gasteiger partial charge on any atom is 0.237 e. The van der Waals surface area contributed by atoms with Gasteiger partial charge in [0, 0.05) is 19.1 Å². The zero-order valence-corrected chi connectivity index (χ0v) is 14.8. The molecule has 0 aliphatic heterocycles. The van der Waals surface area contributed by atoms with Crippen molar-refractivity contribution in [2.75, 3.05) is 26.2 Å². The summed E-state index contributed by atoms with van der Waals surface area (Å²) in [5.74, 6) is 1.84. The Morgan fingerprint density at radius 1 is 1.35 bits per heavy atom. The molecule has 0 saturated heterocycles. The number of hydrogen-bond acceptors (Lipinski definition) is 4.